The summed E-state index contributed by atoms with van der Waals surface area (Å²) in [4.78, 5) is 1.11. The van der Waals surface area contributed by atoms with Crippen molar-refractivity contribution in [3.8, 4) is 0 Å². The van der Waals surface area contributed by atoms with Crippen molar-refractivity contribution < 1.29 is 4.43 Å². The standard InChI is InChI=1S/C10H14OSSi/c12-9-5-1-2-6-10(9)13-8-4-3-7-11-13/h1-2,5-6,12-13H,3-4,7-8H2. The largest absolute Gasteiger partial charge is 0.415 e. The van der Waals surface area contributed by atoms with Gasteiger partial charge in [0.15, 0.2) is 0 Å². The fourth-order valence-corrected chi connectivity index (χ4v) is 4.86. The molecule has 0 N–H and O–H groups in total. The molecule has 70 valence electrons. The predicted molar refractivity (Wildman–Crippen MR) is 60.5 cm³/mol. The molecule has 1 aromatic rings. The van der Waals surface area contributed by atoms with Gasteiger partial charge in [-0.3, -0.25) is 0 Å². The van der Waals surface area contributed by atoms with Crippen molar-refractivity contribution in [3.63, 3.8) is 0 Å². The minimum Gasteiger partial charge on any atom is -0.415 e. The van der Waals surface area contributed by atoms with Gasteiger partial charge in [0.1, 0.15) is 0 Å². The van der Waals surface area contributed by atoms with E-state index in [0.29, 0.717) is 0 Å². The summed E-state index contributed by atoms with van der Waals surface area (Å²) in [6.07, 6.45) is 2.57. The van der Waals surface area contributed by atoms with Gasteiger partial charge < -0.3 is 4.43 Å². The Bertz CT molecular complexity index is 284. The van der Waals surface area contributed by atoms with Gasteiger partial charge >= 0.3 is 0 Å². The van der Waals surface area contributed by atoms with Crippen LogP contribution in [0.1, 0.15) is 12.8 Å². The Morgan fingerprint density at radius 2 is 2.08 bits per heavy atom. The van der Waals surface area contributed by atoms with Crippen molar-refractivity contribution in [3.05, 3.63) is 24.3 Å². The van der Waals surface area contributed by atoms with E-state index in [1.807, 2.05) is 6.07 Å². The molecular formula is C10H14OSSi. The lowest BCUT2D eigenvalue weighted by Crippen LogP contribution is -2.37. The monoisotopic (exact) mass is 210 g/mol. The third-order valence-corrected chi connectivity index (χ3v) is 5.88. The van der Waals surface area contributed by atoms with Crippen LogP contribution in [0.25, 0.3) is 0 Å². The Morgan fingerprint density at radius 3 is 2.77 bits per heavy atom. The molecule has 0 radical (unpaired) electrons. The van der Waals surface area contributed by atoms with Crippen molar-refractivity contribution in [2.45, 2.75) is 23.8 Å². The molecule has 0 aliphatic carbocycles. The number of benzene rings is 1. The summed E-state index contributed by atoms with van der Waals surface area (Å²) in [6, 6.07) is 9.62. The molecule has 1 heterocycles. The second kappa shape index (κ2) is 4.31. The van der Waals surface area contributed by atoms with Gasteiger partial charge in [0, 0.05) is 11.5 Å². The first-order valence-corrected chi connectivity index (χ1v) is 7.08. The fraction of sp³-hybridized carbons (Fsp3) is 0.400. The molecule has 0 aromatic heterocycles. The zero-order valence-electron chi connectivity index (χ0n) is 7.57. The molecule has 1 fully saturated rings. The lowest BCUT2D eigenvalue weighted by atomic mass is 10.3. The van der Waals surface area contributed by atoms with E-state index in [-0.39, 0.29) is 0 Å². The van der Waals surface area contributed by atoms with Crippen LogP contribution in [-0.2, 0) is 4.43 Å². The average molecular weight is 210 g/mol. The van der Waals surface area contributed by atoms with Crippen LogP contribution in [0.15, 0.2) is 29.2 Å². The van der Waals surface area contributed by atoms with E-state index in [0.717, 1.165) is 11.5 Å². The SMILES string of the molecule is Sc1ccccc1[SiH]1CCCCO1. The second-order valence-electron chi connectivity index (χ2n) is 3.41. The van der Waals surface area contributed by atoms with Gasteiger partial charge in [-0.15, -0.1) is 12.6 Å². The first kappa shape index (κ1) is 9.31. The first-order chi connectivity index (χ1) is 6.38. The van der Waals surface area contributed by atoms with Crippen molar-refractivity contribution in [1.82, 2.24) is 0 Å². The maximum Gasteiger partial charge on any atom is 0.209 e. The third-order valence-electron chi connectivity index (χ3n) is 2.46. The Morgan fingerprint density at radius 1 is 1.23 bits per heavy atom. The summed E-state index contributed by atoms with van der Waals surface area (Å²) in [5.41, 5.74) is 0. The van der Waals surface area contributed by atoms with E-state index in [4.69, 9.17) is 4.43 Å². The molecular weight excluding hydrogens is 196 g/mol. The predicted octanol–water partition coefficient (Wildman–Crippen LogP) is 1.72. The summed E-state index contributed by atoms with van der Waals surface area (Å²) in [5.74, 6) is 0. The summed E-state index contributed by atoms with van der Waals surface area (Å²) in [5, 5.41) is 1.38. The van der Waals surface area contributed by atoms with Crippen molar-refractivity contribution >= 4 is 26.9 Å². The molecule has 1 saturated heterocycles. The highest BCUT2D eigenvalue weighted by Gasteiger charge is 2.19. The Labute approximate surface area is 86.3 Å². The van der Waals surface area contributed by atoms with Crippen LogP contribution >= 0.6 is 12.6 Å². The Kier molecular flexibility index (Phi) is 3.08. The zero-order valence-corrected chi connectivity index (χ0v) is 9.62. The highest BCUT2D eigenvalue weighted by atomic mass is 32.1. The summed E-state index contributed by atoms with van der Waals surface area (Å²) in [7, 11) is -1.10. The molecule has 1 aliphatic rings. The molecule has 1 atom stereocenters. The lowest BCUT2D eigenvalue weighted by molar-refractivity contribution is 0.294. The molecule has 1 aliphatic heterocycles. The molecule has 3 heteroatoms. The van der Waals surface area contributed by atoms with Crippen LogP contribution in [0.3, 0.4) is 0 Å². The molecule has 1 aromatic carbocycles. The number of rotatable bonds is 1. The molecule has 1 nitrogen and oxygen atoms in total. The molecule has 2 rings (SSSR count). The average Bonchev–Trinajstić information content (AvgIpc) is 2.20. The maximum atomic E-state index is 5.83. The zero-order chi connectivity index (χ0) is 9.10. The van der Waals surface area contributed by atoms with Crippen LogP contribution in [0, 0.1) is 0 Å². The van der Waals surface area contributed by atoms with Gasteiger partial charge in [0.05, 0.1) is 0 Å². The minimum absolute atomic E-state index is 0.957. The van der Waals surface area contributed by atoms with E-state index < -0.39 is 9.04 Å². The van der Waals surface area contributed by atoms with E-state index in [2.05, 4.69) is 30.8 Å². The summed E-state index contributed by atoms with van der Waals surface area (Å²) < 4.78 is 5.83. The van der Waals surface area contributed by atoms with Crippen LogP contribution in [0.2, 0.25) is 6.04 Å². The van der Waals surface area contributed by atoms with Gasteiger partial charge in [-0.05, 0) is 23.7 Å². The maximum absolute atomic E-state index is 5.83. The number of hydrogen-bond donors (Lipinski definition) is 1. The minimum atomic E-state index is -1.10. The van der Waals surface area contributed by atoms with Gasteiger partial charge in [-0.25, -0.2) is 0 Å². The quantitative estimate of drug-likeness (QED) is 0.548. The van der Waals surface area contributed by atoms with Crippen molar-refractivity contribution in [1.29, 1.82) is 0 Å². The second-order valence-corrected chi connectivity index (χ2v) is 6.41. The molecule has 0 spiro atoms. The normalized spacial score (nSPS) is 23.0. The van der Waals surface area contributed by atoms with Gasteiger partial charge in [-0.2, -0.15) is 0 Å². The van der Waals surface area contributed by atoms with E-state index in [1.54, 1.807) is 0 Å². The lowest BCUT2D eigenvalue weighted by Gasteiger charge is -2.22. The molecule has 0 saturated carbocycles. The van der Waals surface area contributed by atoms with E-state index >= 15 is 0 Å². The van der Waals surface area contributed by atoms with Crippen molar-refractivity contribution in [2.75, 3.05) is 6.61 Å². The molecule has 0 bridgehead atoms. The first-order valence-electron chi connectivity index (χ1n) is 4.77. The number of hydrogen-bond acceptors (Lipinski definition) is 2. The third kappa shape index (κ3) is 2.16. The van der Waals surface area contributed by atoms with Crippen LogP contribution in [-0.4, -0.2) is 15.6 Å². The molecule has 13 heavy (non-hydrogen) atoms. The Balaban J connectivity index is 2.18. The van der Waals surface area contributed by atoms with Crippen LogP contribution in [0.5, 0.6) is 0 Å². The topological polar surface area (TPSA) is 9.23 Å². The summed E-state index contributed by atoms with van der Waals surface area (Å²) in [6.45, 7) is 0.957. The molecule has 1 unspecified atom stereocenters. The highest BCUT2D eigenvalue weighted by molar-refractivity contribution is 7.80. The fourth-order valence-electron chi connectivity index (χ4n) is 1.75. The van der Waals surface area contributed by atoms with Crippen molar-refractivity contribution in [2.24, 2.45) is 0 Å². The highest BCUT2D eigenvalue weighted by Crippen LogP contribution is 2.13. The van der Waals surface area contributed by atoms with Gasteiger partial charge in [-0.1, -0.05) is 24.6 Å². The number of thiol groups is 1. The molecule has 0 amide bonds. The smallest absolute Gasteiger partial charge is 0.209 e. The Hall–Kier alpha value is -0.253. The van der Waals surface area contributed by atoms with Crippen LogP contribution < -0.4 is 5.19 Å². The van der Waals surface area contributed by atoms with E-state index in [1.165, 1.54) is 24.1 Å². The van der Waals surface area contributed by atoms with Crippen LogP contribution in [0.4, 0.5) is 0 Å². The van der Waals surface area contributed by atoms with Gasteiger partial charge in [0.2, 0.25) is 9.04 Å². The van der Waals surface area contributed by atoms with E-state index in [9.17, 15) is 0 Å². The van der Waals surface area contributed by atoms with Gasteiger partial charge in [0.25, 0.3) is 0 Å². The summed E-state index contributed by atoms with van der Waals surface area (Å²) >= 11 is 4.46.